The molecule has 2 fully saturated rings. The monoisotopic (exact) mass is 356 g/mol. The number of unbranched alkanes of at least 4 members (excludes halogenated alkanes) is 2. The van der Waals surface area contributed by atoms with Crippen LogP contribution in [0.25, 0.3) is 0 Å². The lowest BCUT2D eigenvalue weighted by Crippen LogP contribution is -2.18. The molecule has 1 aromatic carbocycles. The predicted molar refractivity (Wildman–Crippen MR) is 95.4 cm³/mol. The van der Waals surface area contributed by atoms with Crippen molar-refractivity contribution in [2.75, 3.05) is 0 Å². The van der Waals surface area contributed by atoms with Crippen molar-refractivity contribution in [2.24, 2.45) is 0 Å². The van der Waals surface area contributed by atoms with Crippen LogP contribution in [0.5, 0.6) is 0 Å². The number of carbonyl (C=O) groups is 4. The lowest BCUT2D eigenvalue weighted by molar-refractivity contribution is -0.114. The summed E-state index contributed by atoms with van der Waals surface area (Å²) in [6, 6.07) is 5.64. The summed E-state index contributed by atoms with van der Waals surface area (Å²) in [5, 5.41) is 0. The first-order valence-corrected chi connectivity index (χ1v) is 9.36. The van der Waals surface area contributed by atoms with Crippen LogP contribution in [-0.2, 0) is 9.59 Å². The molecule has 2 atom stereocenters. The Morgan fingerprint density at radius 2 is 1.27 bits per heavy atom. The van der Waals surface area contributed by atoms with Crippen molar-refractivity contribution in [1.29, 1.82) is 0 Å². The largest absolute Gasteiger partial charge is 0.272 e. The zero-order chi connectivity index (χ0) is 18.8. The van der Waals surface area contributed by atoms with E-state index in [1.54, 1.807) is 18.2 Å². The van der Waals surface area contributed by atoms with E-state index in [9.17, 15) is 19.2 Å². The van der Waals surface area contributed by atoms with Gasteiger partial charge >= 0.3 is 0 Å². The van der Waals surface area contributed by atoms with Gasteiger partial charge in [0.2, 0.25) is 0 Å². The van der Waals surface area contributed by atoms with Crippen molar-refractivity contribution in [2.45, 2.75) is 64.5 Å². The molecule has 2 unspecified atom stereocenters. The van der Waals surface area contributed by atoms with Crippen LogP contribution >= 0.6 is 0 Å². The second-order valence-corrected chi connectivity index (χ2v) is 6.92. The van der Waals surface area contributed by atoms with Crippen molar-refractivity contribution in [3.8, 4) is 0 Å². The van der Waals surface area contributed by atoms with Crippen molar-refractivity contribution in [3.63, 3.8) is 0 Å². The lowest BCUT2D eigenvalue weighted by atomic mass is 10.1. The van der Waals surface area contributed by atoms with Gasteiger partial charge in [0.1, 0.15) is 12.1 Å². The lowest BCUT2D eigenvalue weighted by Gasteiger charge is -2.06. The normalized spacial score (nSPS) is 21.2. The molecule has 0 bridgehead atoms. The molecule has 138 valence electrons. The van der Waals surface area contributed by atoms with E-state index in [0.717, 1.165) is 25.7 Å². The Morgan fingerprint density at radius 1 is 0.846 bits per heavy atom. The molecular weight excluding hydrogens is 332 g/mol. The van der Waals surface area contributed by atoms with Gasteiger partial charge in [0, 0.05) is 11.1 Å². The summed E-state index contributed by atoms with van der Waals surface area (Å²) in [7, 11) is 0. The number of amides is 4. The van der Waals surface area contributed by atoms with E-state index >= 15 is 0 Å². The van der Waals surface area contributed by atoms with Gasteiger partial charge in [0.15, 0.2) is 0 Å². The van der Waals surface area contributed by atoms with Crippen LogP contribution in [0, 0.1) is 0 Å². The average Bonchev–Trinajstić information content (AvgIpc) is 3.51. The Kier molecular flexibility index (Phi) is 5.20. The number of benzene rings is 1. The van der Waals surface area contributed by atoms with Crippen molar-refractivity contribution >= 4 is 23.6 Å². The topological polar surface area (TPSA) is 74.3 Å². The molecule has 0 spiro atoms. The molecule has 4 amide bonds. The van der Waals surface area contributed by atoms with Gasteiger partial charge in [-0.15, -0.1) is 0 Å². The minimum absolute atomic E-state index is 0.152. The van der Waals surface area contributed by atoms with E-state index in [2.05, 4.69) is 0 Å². The molecule has 2 saturated heterocycles. The maximum atomic E-state index is 12.5. The third kappa shape index (κ3) is 3.41. The van der Waals surface area contributed by atoms with E-state index in [1.165, 1.54) is 15.9 Å². The molecule has 0 radical (unpaired) electrons. The van der Waals surface area contributed by atoms with E-state index in [1.807, 2.05) is 13.8 Å². The van der Waals surface area contributed by atoms with Gasteiger partial charge in [-0.05, 0) is 31.0 Å². The van der Waals surface area contributed by atoms with Crippen molar-refractivity contribution in [1.82, 2.24) is 9.80 Å². The van der Waals surface area contributed by atoms with Crippen LogP contribution in [0.1, 0.15) is 73.1 Å². The molecule has 3 rings (SSSR count). The van der Waals surface area contributed by atoms with Crippen LogP contribution in [0.3, 0.4) is 0 Å². The quantitative estimate of drug-likeness (QED) is 0.530. The smallest absolute Gasteiger partial charge is 0.261 e. The van der Waals surface area contributed by atoms with Gasteiger partial charge in [-0.2, -0.15) is 0 Å². The number of carbonyl (C=O) groups excluding carboxylic acids is 4. The van der Waals surface area contributed by atoms with Crippen LogP contribution in [-0.4, -0.2) is 45.5 Å². The van der Waals surface area contributed by atoms with Crippen LogP contribution in [0.2, 0.25) is 0 Å². The fraction of sp³-hybridized carbons (Fsp3) is 0.500. The minimum Gasteiger partial charge on any atom is -0.272 e. The molecule has 1 aromatic rings. The Labute approximate surface area is 153 Å². The first-order valence-electron chi connectivity index (χ1n) is 9.36. The number of hydrogen-bond acceptors (Lipinski definition) is 4. The highest BCUT2D eigenvalue weighted by atomic mass is 16.2. The molecule has 2 heterocycles. The molecule has 0 saturated carbocycles. The van der Waals surface area contributed by atoms with E-state index in [-0.39, 0.29) is 35.7 Å². The first-order chi connectivity index (χ1) is 12.5. The molecule has 6 heteroatoms. The van der Waals surface area contributed by atoms with Crippen LogP contribution in [0.4, 0.5) is 0 Å². The van der Waals surface area contributed by atoms with Gasteiger partial charge in [0.05, 0.1) is 0 Å². The zero-order valence-electron chi connectivity index (χ0n) is 15.2. The number of rotatable bonds is 8. The van der Waals surface area contributed by atoms with Gasteiger partial charge < -0.3 is 0 Å². The SMILES string of the molecule is CCCCC1C(=O)N1C(=O)c1cccc(C(=O)N2C(=O)C2CCCC)c1. The predicted octanol–water partition coefficient (Wildman–Crippen LogP) is 2.77. The molecule has 0 aromatic heterocycles. The summed E-state index contributed by atoms with van der Waals surface area (Å²) in [4.78, 5) is 51.3. The third-order valence-electron chi connectivity index (χ3n) is 4.99. The molecule has 0 N–H and O–H groups in total. The third-order valence-corrected chi connectivity index (χ3v) is 4.99. The number of nitrogens with zero attached hydrogens (tertiary/aromatic N) is 2. The molecule has 6 nitrogen and oxygen atoms in total. The molecule has 2 aliphatic heterocycles. The van der Waals surface area contributed by atoms with Crippen LogP contribution < -0.4 is 0 Å². The molecule has 0 aliphatic carbocycles. The molecule has 26 heavy (non-hydrogen) atoms. The van der Waals surface area contributed by atoms with Gasteiger partial charge in [-0.25, -0.2) is 0 Å². The highest BCUT2D eigenvalue weighted by molar-refractivity contribution is 6.19. The van der Waals surface area contributed by atoms with Gasteiger partial charge in [0.25, 0.3) is 23.6 Å². The first kappa shape index (κ1) is 18.3. The summed E-state index contributed by atoms with van der Waals surface area (Å²) >= 11 is 0. The van der Waals surface area contributed by atoms with E-state index < -0.39 is 0 Å². The minimum atomic E-state index is -0.370. The van der Waals surface area contributed by atoms with Crippen molar-refractivity contribution < 1.29 is 19.2 Å². The fourth-order valence-corrected chi connectivity index (χ4v) is 3.28. The summed E-state index contributed by atoms with van der Waals surface area (Å²) < 4.78 is 0. The van der Waals surface area contributed by atoms with E-state index in [4.69, 9.17) is 0 Å². The summed E-state index contributed by atoms with van der Waals surface area (Å²) in [6.45, 7) is 4.08. The number of hydrogen-bond donors (Lipinski definition) is 0. The standard InChI is InChI=1S/C20H24N2O4/c1-3-5-10-15-19(25)21(15)17(23)13-8-7-9-14(12-13)18(24)22-16(20(22)26)11-6-4-2/h7-9,12,15-16H,3-6,10-11H2,1-2H3. The Morgan fingerprint density at radius 3 is 1.65 bits per heavy atom. The highest BCUT2D eigenvalue weighted by Gasteiger charge is 2.51. The summed E-state index contributed by atoms with van der Waals surface area (Å²) in [6.07, 6.45) is 5.10. The summed E-state index contributed by atoms with van der Waals surface area (Å²) in [5.74, 6) is -1.04. The highest BCUT2D eigenvalue weighted by Crippen LogP contribution is 2.30. The second kappa shape index (κ2) is 7.40. The maximum Gasteiger partial charge on any atom is 0.261 e. The Balaban J connectivity index is 1.67. The summed E-state index contributed by atoms with van der Waals surface area (Å²) in [5.41, 5.74) is 0.616. The van der Waals surface area contributed by atoms with Gasteiger partial charge in [-0.3, -0.25) is 29.0 Å². The van der Waals surface area contributed by atoms with Gasteiger partial charge in [-0.1, -0.05) is 45.6 Å². The molecule has 2 aliphatic rings. The zero-order valence-corrected chi connectivity index (χ0v) is 15.2. The van der Waals surface area contributed by atoms with Crippen LogP contribution in [0.15, 0.2) is 24.3 Å². The van der Waals surface area contributed by atoms with Crippen molar-refractivity contribution in [3.05, 3.63) is 35.4 Å². The molecular formula is C20H24N2O4. The Bertz CT molecular complexity index is 699. The average molecular weight is 356 g/mol. The van der Waals surface area contributed by atoms with E-state index in [0.29, 0.717) is 24.0 Å². The number of imide groups is 2. The maximum absolute atomic E-state index is 12.5. The second-order valence-electron chi connectivity index (χ2n) is 6.92. The fourth-order valence-electron chi connectivity index (χ4n) is 3.28. The Hall–Kier alpha value is -2.50.